The van der Waals surface area contributed by atoms with Crippen molar-refractivity contribution in [2.24, 2.45) is 0 Å². The lowest BCUT2D eigenvalue weighted by atomic mass is 10.2. The molecule has 0 fully saturated rings. The molecule has 0 saturated heterocycles. The van der Waals surface area contributed by atoms with Crippen molar-refractivity contribution >= 4 is 27.4 Å². The van der Waals surface area contributed by atoms with Crippen molar-refractivity contribution in [1.29, 1.82) is 5.26 Å². The third kappa shape index (κ3) is 2.80. The van der Waals surface area contributed by atoms with Crippen LogP contribution < -0.4 is 5.32 Å². The fourth-order valence-corrected chi connectivity index (χ4v) is 1.69. The molecule has 0 radical (unpaired) electrons. The molecule has 1 aromatic carbocycles. The molecule has 17 heavy (non-hydrogen) atoms. The fourth-order valence-electron chi connectivity index (χ4n) is 1.33. The Bertz CT molecular complexity index is 593. The SMILES string of the molecule is N#Cc1ccc(Br)cc1Nc1cccc(F)n1. The van der Waals surface area contributed by atoms with E-state index in [9.17, 15) is 4.39 Å². The minimum Gasteiger partial charge on any atom is -0.339 e. The van der Waals surface area contributed by atoms with E-state index in [2.05, 4.69) is 32.3 Å². The molecule has 2 aromatic rings. The van der Waals surface area contributed by atoms with E-state index >= 15 is 0 Å². The highest BCUT2D eigenvalue weighted by Crippen LogP contribution is 2.23. The molecule has 0 saturated carbocycles. The third-order valence-corrected chi connectivity index (χ3v) is 2.57. The topological polar surface area (TPSA) is 48.7 Å². The first-order valence-electron chi connectivity index (χ1n) is 4.78. The van der Waals surface area contributed by atoms with E-state index in [0.29, 0.717) is 17.1 Å². The second-order valence-electron chi connectivity index (χ2n) is 3.27. The fraction of sp³-hybridized carbons (Fsp3) is 0. The van der Waals surface area contributed by atoms with Crippen LogP contribution in [-0.2, 0) is 0 Å². The molecule has 0 spiro atoms. The van der Waals surface area contributed by atoms with E-state index in [-0.39, 0.29) is 0 Å². The van der Waals surface area contributed by atoms with E-state index in [0.717, 1.165) is 4.47 Å². The summed E-state index contributed by atoms with van der Waals surface area (Å²) in [7, 11) is 0. The van der Waals surface area contributed by atoms with Crippen LogP contribution in [0.2, 0.25) is 0 Å². The van der Waals surface area contributed by atoms with Gasteiger partial charge >= 0.3 is 0 Å². The Balaban J connectivity index is 2.36. The number of nitrogens with zero attached hydrogens (tertiary/aromatic N) is 2. The number of nitrogens with one attached hydrogen (secondary N) is 1. The Morgan fingerprint density at radius 3 is 2.82 bits per heavy atom. The summed E-state index contributed by atoms with van der Waals surface area (Å²) in [6.07, 6.45) is 0. The minimum atomic E-state index is -0.566. The van der Waals surface area contributed by atoms with Gasteiger partial charge in [0.25, 0.3) is 0 Å². The van der Waals surface area contributed by atoms with Gasteiger partial charge in [-0.2, -0.15) is 9.65 Å². The number of hydrogen-bond donors (Lipinski definition) is 1. The van der Waals surface area contributed by atoms with E-state index in [1.165, 1.54) is 6.07 Å². The van der Waals surface area contributed by atoms with Crippen LogP contribution in [0.1, 0.15) is 5.56 Å². The molecule has 0 unspecified atom stereocenters. The molecular weight excluding hydrogens is 285 g/mol. The lowest BCUT2D eigenvalue weighted by Gasteiger charge is -2.07. The maximum absolute atomic E-state index is 12.9. The maximum atomic E-state index is 12.9. The highest BCUT2D eigenvalue weighted by molar-refractivity contribution is 9.10. The maximum Gasteiger partial charge on any atom is 0.214 e. The van der Waals surface area contributed by atoms with Crippen LogP contribution in [0.3, 0.4) is 0 Å². The summed E-state index contributed by atoms with van der Waals surface area (Å²) in [6, 6.07) is 11.7. The first-order valence-corrected chi connectivity index (χ1v) is 5.57. The monoisotopic (exact) mass is 291 g/mol. The van der Waals surface area contributed by atoms with Gasteiger partial charge in [-0.3, -0.25) is 0 Å². The van der Waals surface area contributed by atoms with Gasteiger partial charge in [0.1, 0.15) is 11.9 Å². The van der Waals surface area contributed by atoms with Crippen LogP contribution in [0.15, 0.2) is 40.9 Å². The van der Waals surface area contributed by atoms with Crippen LogP contribution in [0.4, 0.5) is 15.9 Å². The molecule has 1 N–H and O–H groups in total. The summed E-state index contributed by atoms with van der Waals surface area (Å²) in [6.45, 7) is 0. The quantitative estimate of drug-likeness (QED) is 0.860. The van der Waals surface area contributed by atoms with Crippen molar-refractivity contribution in [3.05, 3.63) is 52.4 Å². The van der Waals surface area contributed by atoms with Crippen LogP contribution in [-0.4, -0.2) is 4.98 Å². The highest BCUT2D eigenvalue weighted by atomic mass is 79.9. The van der Waals surface area contributed by atoms with E-state index in [1.807, 2.05) is 0 Å². The summed E-state index contributed by atoms with van der Waals surface area (Å²) < 4.78 is 13.7. The molecule has 0 bridgehead atoms. The van der Waals surface area contributed by atoms with Crippen LogP contribution >= 0.6 is 15.9 Å². The standard InChI is InChI=1S/C12H7BrFN3/c13-9-5-4-8(7-15)10(6-9)16-12-3-1-2-11(14)17-12/h1-6H,(H,16,17). The average molecular weight is 292 g/mol. The molecule has 0 aliphatic rings. The lowest BCUT2D eigenvalue weighted by molar-refractivity contribution is 0.585. The second-order valence-corrected chi connectivity index (χ2v) is 4.19. The van der Waals surface area contributed by atoms with E-state index < -0.39 is 5.95 Å². The normalized spacial score (nSPS) is 9.71. The van der Waals surface area contributed by atoms with Crippen LogP contribution in [0.5, 0.6) is 0 Å². The number of pyridine rings is 1. The third-order valence-electron chi connectivity index (χ3n) is 2.08. The molecule has 1 heterocycles. The second kappa shape index (κ2) is 4.93. The molecular formula is C12H7BrFN3. The van der Waals surface area contributed by atoms with Gasteiger partial charge in [0.2, 0.25) is 5.95 Å². The predicted octanol–water partition coefficient (Wildman–Crippen LogP) is 3.60. The Morgan fingerprint density at radius 2 is 2.12 bits per heavy atom. The number of anilines is 2. The first kappa shape index (κ1) is 11.6. The number of rotatable bonds is 2. The molecule has 1 aromatic heterocycles. The van der Waals surface area contributed by atoms with Crippen LogP contribution in [0.25, 0.3) is 0 Å². The van der Waals surface area contributed by atoms with Gasteiger partial charge in [0.15, 0.2) is 0 Å². The van der Waals surface area contributed by atoms with Gasteiger partial charge in [0, 0.05) is 4.47 Å². The number of benzene rings is 1. The summed E-state index contributed by atoms with van der Waals surface area (Å²) in [4.78, 5) is 3.67. The summed E-state index contributed by atoms with van der Waals surface area (Å²) in [5, 5.41) is 11.8. The van der Waals surface area contributed by atoms with Crippen molar-refractivity contribution in [2.45, 2.75) is 0 Å². The highest BCUT2D eigenvalue weighted by Gasteiger charge is 2.04. The Morgan fingerprint density at radius 1 is 1.29 bits per heavy atom. The molecule has 2 rings (SSSR count). The molecule has 0 aliphatic carbocycles. The Labute approximate surface area is 106 Å². The number of aromatic nitrogens is 1. The molecule has 3 nitrogen and oxygen atoms in total. The average Bonchev–Trinajstić information content (AvgIpc) is 2.29. The Kier molecular flexibility index (Phi) is 3.35. The largest absolute Gasteiger partial charge is 0.339 e. The first-order chi connectivity index (χ1) is 8.19. The molecule has 0 aliphatic heterocycles. The number of nitriles is 1. The zero-order valence-corrected chi connectivity index (χ0v) is 10.2. The Hall–Kier alpha value is -1.93. The summed E-state index contributed by atoms with van der Waals surface area (Å²) in [5.41, 5.74) is 1.05. The van der Waals surface area contributed by atoms with Gasteiger partial charge in [-0.15, -0.1) is 0 Å². The zero-order chi connectivity index (χ0) is 12.3. The minimum absolute atomic E-state index is 0.361. The molecule has 0 amide bonds. The summed E-state index contributed by atoms with van der Waals surface area (Å²) in [5.74, 6) is -0.205. The van der Waals surface area contributed by atoms with Crippen molar-refractivity contribution in [3.8, 4) is 6.07 Å². The van der Waals surface area contributed by atoms with Gasteiger partial charge in [-0.05, 0) is 30.3 Å². The number of halogens is 2. The van der Waals surface area contributed by atoms with Crippen molar-refractivity contribution in [1.82, 2.24) is 4.98 Å². The van der Waals surface area contributed by atoms with Crippen LogP contribution in [0, 0.1) is 17.3 Å². The molecule has 5 heteroatoms. The van der Waals surface area contributed by atoms with Gasteiger partial charge in [0.05, 0.1) is 11.3 Å². The van der Waals surface area contributed by atoms with Crippen molar-refractivity contribution in [2.75, 3.05) is 5.32 Å². The van der Waals surface area contributed by atoms with Gasteiger partial charge in [-0.1, -0.05) is 22.0 Å². The van der Waals surface area contributed by atoms with Gasteiger partial charge in [-0.25, -0.2) is 4.98 Å². The molecule has 84 valence electrons. The van der Waals surface area contributed by atoms with E-state index in [1.54, 1.807) is 30.3 Å². The van der Waals surface area contributed by atoms with Crippen molar-refractivity contribution < 1.29 is 4.39 Å². The van der Waals surface area contributed by atoms with Crippen molar-refractivity contribution in [3.63, 3.8) is 0 Å². The molecule has 0 atom stereocenters. The number of hydrogen-bond acceptors (Lipinski definition) is 3. The van der Waals surface area contributed by atoms with Gasteiger partial charge < -0.3 is 5.32 Å². The smallest absolute Gasteiger partial charge is 0.214 e. The predicted molar refractivity (Wildman–Crippen MR) is 66.3 cm³/mol. The summed E-state index contributed by atoms with van der Waals surface area (Å²) >= 11 is 3.31. The lowest BCUT2D eigenvalue weighted by Crippen LogP contribution is -1.97. The zero-order valence-electron chi connectivity index (χ0n) is 8.61. The van der Waals surface area contributed by atoms with E-state index in [4.69, 9.17) is 5.26 Å².